The number of carbonyl (C=O) groups excluding carboxylic acids is 1. The normalized spacial score (nSPS) is 12.1. The highest BCUT2D eigenvalue weighted by atomic mass is 32.1. The minimum atomic E-state index is -0.344. The fourth-order valence-electron chi connectivity index (χ4n) is 2.83. The lowest BCUT2D eigenvalue weighted by Gasteiger charge is -2.06. The Labute approximate surface area is 156 Å². The largest absolute Gasteiger partial charge is 0.497 e. The van der Waals surface area contributed by atoms with E-state index in [0.717, 1.165) is 21.7 Å². The Balaban J connectivity index is 2.10. The van der Waals surface area contributed by atoms with Crippen molar-refractivity contribution in [1.82, 2.24) is 14.3 Å². The first-order valence-corrected chi connectivity index (χ1v) is 9.19. The number of ether oxygens (including phenoxy) is 1. The van der Waals surface area contributed by atoms with Gasteiger partial charge in [-0.15, -0.1) is 6.58 Å². The van der Waals surface area contributed by atoms with Crippen LogP contribution >= 0.6 is 11.3 Å². The van der Waals surface area contributed by atoms with Gasteiger partial charge < -0.3 is 9.30 Å². The Morgan fingerprint density at radius 2 is 2.19 bits per heavy atom. The molecule has 1 aromatic carbocycles. The second-order valence-electron chi connectivity index (χ2n) is 6.24. The zero-order chi connectivity index (χ0) is 18.8. The number of thiazole rings is 1. The van der Waals surface area contributed by atoms with Crippen molar-refractivity contribution in [3.8, 4) is 5.75 Å². The van der Waals surface area contributed by atoms with Gasteiger partial charge in [-0.3, -0.25) is 9.48 Å². The molecule has 0 aliphatic heterocycles. The fourth-order valence-corrected chi connectivity index (χ4v) is 3.90. The quantitative estimate of drug-likeness (QED) is 0.643. The molecule has 0 aliphatic rings. The van der Waals surface area contributed by atoms with E-state index in [0.29, 0.717) is 17.0 Å². The van der Waals surface area contributed by atoms with Crippen LogP contribution in [0.1, 0.15) is 36.1 Å². The van der Waals surface area contributed by atoms with E-state index in [4.69, 9.17) is 4.74 Å². The summed E-state index contributed by atoms with van der Waals surface area (Å²) < 4.78 is 10.1. The Hall–Kier alpha value is -2.67. The van der Waals surface area contributed by atoms with E-state index >= 15 is 0 Å². The van der Waals surface area contributed by atoms with Gasteiger partial charge in [-0.05, 0) is 45.0 Å². The maximum atomic E-state index is 12.7. The lowest BCUT2D eigenvalue weighted by Crippen LogP contribution is -2.16. The number of aryl methyl sites for hydroxylation is 1. The van der Waals surface area contributed by atoms with Crippen LogP contribution in [0.2, 0.25) is 0 Å². The molecule has 3 aromatic rings. The van der Waals surface area contributed by atoms with Crippen LogP contribution in [0.15, 0.2) is 41.9 Å². The van der Waals surface area contributed by atoms with Gasteiger partial charge in [-0.1, -0.05) is 17.4 Å². The third-order valence-corrected chi connectivity index (χ3v) is 5.07. The first-order valence-electron chi connectivity index (χ1n) is 8.38. The molecule has 0 N–H and O–H groups in total. The van der Waals surface area contributed by atoms with E-state index in [2.05, 4.69) is 16.7 Å². The molecule has 0 bridgehead atoms. The average molecular weight is 370 g/mol. The minimum Gasteiger partial charge on any atom is -0.497 e. The van der Waals surface area contributed by atoms with Gasteiger partial charge in [0.15, 0.2) is 10.5 Å². The molecule has 0 fully saturated rings. The Bertz CT molecular complexity index is 1040. The highest BCUT2D eigenvalue weighted by Gasteiger charge is 2.14. The smallest absolute Gasteiger partial charge is 0.300 e. The summed E-state index contributed by atoms with van der Waals surface area (Å²) in [6.07, 6.45) is 1.79. The molecule has 0 spiro atoms. The molecule has 2 aromatic heterocycles. The molecule has 7 heteroatoms. The van der Waals surface area contributed by atoms with E-state index in [-0.39, 0.29) is 11.9 Å². The van der Waals surface area contributed by atoms with Crippen LogP contribution in [-0.2, 0) is 6.54 Å². The maximum absolute atomic E-state index is 12.7. The van der Waals surface area contributed by atoms with Crippen molar-refractivity contribution in [3.63, 3.8) is 0 Å². The number of hydrogen-bond donors (Lipinski definition) is 0. The summed E-state index contributed by atoms with van der Waals surface area (Å²) >= 11 is 1.45. The molecular weight excluding hydrogens is 348 g/mol. The monoisotopic (exact) mass is 370 g/mol. The number of fused-ring (bicyclic) bond motifs is 1. The highest BCUT2D eigenvalue weighted by Crippen LogP contribution is 2.23. The second-order valence-corrected chi connectivity index (χ2v) is 7.25. The number of rotatable bonds is 5. The molecule has 0 saturated carbocycles. The maximum Gasteiger partial charge on any atom is 0.300 e. The Morgan fingerprint density at radius 3 is 2.81 bits per heavy atom. The van der Waals surface area contributed by atoms with Crippen molar-refractivity contribution in [2.24, 2.45) is 4.99 Å². The first kappa shape index (κ1) is 18.1. The van der Waals surface area contributed by atoms with Gasteiger partial charge in [-0.2, -0.15) is 10.1 Å². The molecule has 26 heavy (non-hydrogen) atoms. The van der Waals surface area contributed by atoms with Gasteiger partial charge in [0.25, 0.3) is 5.91 Å². The number of methoxy groups -OCH3 is 1. The first-order chi connectivity index (χ1) is 12.4. The van der Waals surface area contributed by atoms with Crippen LogP contribution in [0.4, 0.5) is 0 Å². The van der Waals surface area contributed by atoms with Gasteiger partial charge in [0.05, 0.1) is 17.3 Å². The number of amides is 1. The Morgan fingerprint density at radius 1 is 1.42 bits per heavy atom. The van der Waals surface area contributed by atoms with Gasteiger partial charge in [-0.25, -0.2) is 0 Å². The predicted molar refractivity (Wildman–Crippen MR) is 104 cm³/mol. The molecule has 0 radical (unpaired) electrons. The number of allylic oxidation sites excluding steroid dienone is 1. The molecule has 0 atom stereocenters. The van der Waals surface area contributed by atoms with Crippen molar-refractivity contribution in [2.75, 3.05) is 7.11 Å². The zero-order valence-corrected chi connectivity index (χ0v) is 16.2. The van der Waals surface area contributed by atoms with Crippen LogP contribution in [0, 0.1) is 6.92 Å². The summed E-state index contributed by atoms with van der Waals surface area (Å²) in [4.78, 5) is 17.6. The van der Waals surface area contributed by atoms with Crippen LogP contribution in [-0.4, -0.2) is 27.4 Å². The van der Waals surface area contributed by atoms with E-state index in [1.165, 1.54) is 11.3 Å². The Kier molecular flexibility index (Phi) is 5.08. The van der Waals surface area contributed by atoms with E-state index in [9.17, 15) is 4.79 Å². The van der Waals surface area contributed by atoms with E-state index in [1.807, 2.05) is 48.2 Å². The van der Waals surface area contributed by atoms with E-state index in [1.54, 1.807) is 19.3 Å². The van der Waals surface area contributed by atoms with Crippen LogP contribution in [0.25, 0.3) is 10.2 Å². The SMILES string of the molecule is C=CCn1c(=NC(=O)c2cc(C)n(C(C)C)n2)sc2cc(OC)ccc21. The number of hydrogen-bond acceptors (Lipinski definition) is 4. The molecule has 0 unspecified atom stereocenters. The van der Waals surface area contributed by atoms with Crippen molar-refractivity contribution in [2.45, 2.75) is 33.4 Å². The van der Waals surface area contributed by atoms with Gasteiger partial charge in [0.2, 0.25) is 0 Å². The topological polar surface area (TPSA) is 61.4 Å². The summed E-state index contributed by atoms with van der Waals surface area (Å²) in [5.74, 6) is 0.428. The fraction of sp³-hybridized carbons (Fsp3) is 0.316. The van der Waals surface area contributed by atoms with Gasteiger partial charge in [0.1, 0.15) is 5.75 Å². The third-order valence-electron chi connectivity index (χ3n) is 4.03. The molecule has 6 nitrogen and oxygen atoms in total. The van der Waals surface area contributed by atoms with Crippen LogP contribution in [0.3, 0.4) is 0 Å². The lowest BCUT2D eigenvalue weighted by molar-refractivity contribution is 0.0992. The van der Waals surface area contributed by atoms with Crippen LogP contribution in [0.5, 0.6) is 5.75 Å². The summed E-state index contributed by atoms with van der Waals surface area (Å²) in [5, 5.41) is 4.39. The van der Waals surface area contributed by atoms with Crippen LogP contribution < -0.4 is 9.54 Å². The van der Waals surface area contributed by atoms with Gasteiger partial charge >= 0.3 is 0 Å². The molecule has 0 saturated heterocycles. The van der Waals surface area contributed by atoms with Crippen molar-refractivity contribution >= 4 is 27.5 Å². The average Bonchev–Trinajstić information content (AvgIpc) is 3.16. The standard InChI is InChI=1S/C19H22N4O2S/c1-6-9-22-16-8-7-14(25-5)11-17(16)26-19(22)20-18(24)15-10-13(4)23(21-15)12(2)3/h6-8,10-12H,1,9H2,2-5H3. The van der Waals surface area contributed by atoms with Gasteiger partial charge in [0, 0.05) is 18.3 Å². The van der Waals surface area contributed by atoms with E-state index < -0.39 is 0 Å². The molecule has 2 heterocycles. The summed E-state index contributed by atoms with van der Waals surface area (Å²) in [5.41, 5.74) is 2.29. The highest BCUT2D eigenvalue weighted by molar-refractivity contribution is 7.16. The number of carbonyl (C=O) groups is 1. The van der Waals surface area contributed by atoms with Crippen molar-refractivity contribution in [1.29, 1.82) is 0 Å². The van der Waals surface area contributed by atoms with Crippen molar-refractivity contribution in [3.05, 3.63) is 53.1 Å². The molecule has 3 rings (SSSR count). The summed E-state index contributed by atoms with van der Waals surface area (Å²) in [6.45, 7) is 10.4. The molecule has 136 valence electrons. The summed E-state index contributed by atoms with van der Waals surface area (Å²) in [6, 6.07) is 7.78. The number of nitrogens with zero attached hydrogens (tertiary/aromatic N) is 4. The second kappa shape index (κ2) is 7.29. The lowest BCUT2D eigenvalue weighted by atomic mass is 10.3. The molecular formula is C19H22N4O2S. The van der Waals surface area contributed by atoms with Crippen molar-refractivity contribution < 1.29 is 9.53 Å². The predicted octanol–water partition coefficient (Wildman–Crippen LogP) is 3.72. The molecule has 1 amide bonds. The summed E-state index contributed by atoms with van der Waals surface area (Å²) in [7, 11) is 1.63. The molecule has 0 aliphatic carbocycles. The third kappa shape index (κ3) is 3.35. The minimum absolute atomic E-state index is 0.194. The number of benzene rings is 1. The zero-order valence-electron chi connectivity index (χ0n) is 15.4. The number of aromatic nitrogens is 3.